The second kappa shape index (κ2) is 12.8. The molecule has 0 unspecified atom stereocenters. The molecule has 2 rings (SSSR count). The molecule has 0 saturated carbocycles. The second-order valence-corrected chi connectivity index (χ2v) is 6.44. The normalized spacial score (nSPS) is 11.5. The summed E-state index contributed by atoms with van der Waals surface area (Å²) in [6.45, 7) is 0.634. The van der Waals surface area contributed by atoms with Crippen molar-refractivity contribution < 1.29 is 23.9 Å². The largest absolute Gasteiger partial charge is 0.467 e. The summed E-state index contributed by atoms with van der Waals surface area (Å²) in [6, 6.07) is 17.4. The van der Waals surface area contributed by atoms with Crippen LogP contribution in [0.1, 0.15) is 28.8 Å². The number of benzene rings is 2. The Labute approximate surface area is 176 Å². The van der Waals surface area contributed by atoms with Crippen LogP contribution in [0.15, 0.2) is 72.9 Å². The van der Waals surface area contributed by atoms with Crippen LogP contribution in [0.3, 0.4) is 0 Å². The molecule has 0 radical (unpaired) electrons. The highest BCUT2D eigenvalue weighted by atomic mass is 16.6. The summed E-state index contributed by atoms with van der Waals surface area (Å²) in [6.07, 6.45) is 3.27. The van der Waals surface area contributed by atoms with Gasteiger partial charge in [-0.3, -0.25) is 4.79 Å². The van der Waals surface area contributed by atoms with Gasteiger partial charge in [-0.1, -0.05) is 60.7 Å². The van der Waals surface area contributed by atoms with E-state index in [9.17, 15) is 14.4 Å². The highest BCUT2D eigenvalue weighted by molar-refractivity contribution is 6.04. The van der Waals surface area contributed by atoms with E-state index in [1.165, 1.54) is 13.2 Å². The Bertz CT molecular complexity index is 837. The van der Waals surface area contributed by atoms with Gasteiger partial charge in [0, 0.05) is 24.4 Å². The molecule has 0 bridgehead atoms. The van der Waals surface area contributed by atoms with Crippen LogP contribution < -0.4 is 10.6 Å². The number of carbonyl (C=O) groups is 3. The number of allylic oxidation sites excluding steroid dienone is 1. The zero-order chi connectivity index (χ0) is 21.6. The molecule has 2 N–H and O–H groups in total. The van der Waals surface area contributed by atoms with Gasteiger partial charge in [0.25, 0.3) is 0 Å². The predicted molar refractivity (Wildman–Crippen MR) is 113 cm³/mol. The Balaban J connectivity index is 1.71. The summed E-state index contributed by atoms with van der Waals surface area (Å²) < 4.78 is 9.89. The van der Waals surface area contributed by atoms with Crippen molar-refractivity contribution in [3.63, 3.8) is 0 Å². The van der Waals surface area contributed by atoms with Gasteiger partial charge in [0.05, 0.1) is 7.11 Å². The third kappa shape index (κ3) is 8.18. The maximum Gasteiger partial charge on any atom is 0.408 e. The van der Waals surface area contributed by atoms with E-state index in [1.807, 2.05) is 36.4 Å². The van der Waals surface area contributed by atoms with Crippen LogP contribution in [0, 0.1) is 0 Å². The Morgan fingerprint density at radius 1 is 1.00 bits per heavy atom. The van der Waals surface area contributed by atoms with Gasteiger partial charge in [0.1, 0.15) is 12.6 Å². The van der Waals surface area contributed by atoms with Crippen molar-refractivity contribution >= 4 is 17.8 Å². The molecule has 0 aromatic heterocycles. The van der Waals surface area contributed by atoms with Gasteiger partial charge in [-0.25, -0.2) is 9.59 Å². The van der Waals surface area contributed by atoms with Gasteiger partial charge in [-0.2, -0.15) is 0 Å². The minimum absolute atomic E-state index is 0.0987. The van der Waals surface area contributed by atoms with Crippen molar-refractivity contribution in [2.24, 2.45) is 0 Å². The number of ether oxygens (including phenoxy) is 2. The lowest BCUT2D eigenvalue weighted by atomic mass is 10.1. The van der Waals surface area contributed by atoms with E-state index in [0.717, 1.165) is 5.56 Å². The van der Waals surface area contributed by atoms with Crippen molar-refractivity contribution in [2.75, 3.05) is 13.7 Å². The van der Waals surface area contributed by atoms with E-state index in [-0.39, 0.29) is 12.4 Å². The monoisotopic (exact) mass is 410 g/mol. The first-order valence-corrected chi connectivity index (χ1v) is 9.64. The van der Waals surface area contributed by atoms with Gasteiger partial charge in [-0.05, 0) is 18.4 Å². The third-order valence-corrected chi connectivity index (χ3v) is 4.22. The van der Waals surface area contributed by atoms with E-state index >= 15 is 0 Å². The Morgan fingerprint density at radius 3 is 2.33 bits per heavy atom. The molecule has 0 spiro atoms. The Morgan fingerprint density at radius 2 is 1.67 bits per heavy atom. The van der Waals surface area contributed by atoms with Crippen LogP contribution >= 0.6 is 0 Å². The maximum absolute atomic E-state index is 12.0. The third-order valence-electron chi connectivity index (χ3n) is 4.22. The number of hydrogen-bond acceptors (Lipinski definition) is 6. The standard InChI is InChI=1S/C23H26N2O5/c1-29-22(27)20(25-23(28)30-17-18-9-4-2-5-10-18)13-8-15-24-16-14-21(26)19-11-6-3-7-12-19/h2-7,9-12,14,16,20,24H,8,13,15,17H2,1H3,(H,25,28)/b16-14-/t20-/m0/s1. The van der Waals surface area contributed by atoms with Crippen molar-refractivity contribution in [2.45, 2.75) is 25.5 Å². The van der Waals surface area contributed by atoms with Crippen molar-refractivity contribution in [3.05, 3.63) is 84.1 Å². The maximum atomic E-state index is 12.0. The first-order valence-electron chi connectivity index (χ1n) is 9.64. The van der Waals surface area contributed by atoms with Crippen LogP contribution in [0.2, 0.25) is 0 Å². The van der Waals surface area contributed by atoms with Crippen molar-refractivity contribution in [3.8, 4) is 0 Å². The summed E-state index contributed by atoms with van der Waals surface area (Å²) in [5, 5.41) is 5.53. The molecule has 7 nitrogen and oxygen atoms in total. The van der Waals surface area contributed by atoms with Crippen LogP contribution in [-0.4, -0.2) is 37.5 Å². The van der Waals surface area contributed by atoms with Crippen molar-refractivity contribution in [1.29, 1.82) is 0 Å². The highest BCUT2D eigenvalue weighted by Crippen LogP contribution is 2.04. The number of nitrogens with one attached hydrogen (secondary N) is 2. The first-order chi connectivity index (χ1) is 14.6. The minimum Gasteiger partial charge on any atom is -0.467 e. The van der Waals surface area contributed by atoms with Crippen LogP contribution in [0.4, 0.5) is 4.79 Å². The molecule has 0 heterocycles. The molecule has 158 valence electrons. The van der Waals surface area contributed by atoms with Gasteiger partial charge in [0.15, 0.2) is 5.78 Å². The molecule has 2 aromatic rings. The molecule has 30 heavy (non-hydrogen) atoms. The molecule has 2 aromatic carbocycles. The average Bonchev–Trinajstić information content (AvgIpc) is 2.79. The fraction of sp³-hybridized carbons (Fsp3) is 0.261. The molecule has 1 atom stereocenters. The fourth-order valence-electron chi connectivity index (χ4n) is 2.62. The molecule has 1 amide bonds. The lowest BCUT2D eigenvalue weighted by molar-refractivity contribution is -0.143. The SMILES string of the molecule is COC(=O)[C@H](CCCN/C=C\C(=O)c1ccccc1)NC(=O)OCc1ccccc1. The number of carbonyl (C=O) groups excluding carboxylic acids is 3. The molecule has 0 aliphatic heterocycles. The van der Waals surface area contributed by atoms with Gasteiger partial charge in [-0.15, -0.1) is 0 Å². The van der Waals surface area contributed by atoms with Gasteiger partial charge in [0.2, 0.25) is 0 Å². The number of amides is 1. The smallest absolute Gasteiger partial charge is 0.408 e. The quantitative estimate of drug-likeness (QED) is 0.256. The number of hydrogen-bond donors (Lipinski definition) is 2. The molecule has 0 aliphatic carbocycles. The molecule has 0 aliphatic rings. The lowest BCUT2D eigenvalue weighted by Gasteiger charge is -2.16. The average molecular weight is 410 g/mol. The number of esters is 1. The van der Waals surface area contributed by atoms with Crippen LogP contribution in [0.5, 0.6) is 0 Å². The first kappa shape index (κ1) is 22.7. The van der Waals surface area contributed by atoms with Crippen LogP contribution in [-0.2, 0) is 20.9 Å². The number of alkyl carbamates (subject to hydrolysis) is 1. The predicted octanol–water partition coefficient (Wildman–Crippen LogP) is 3.22. The van der Waals surface area contributed by atoms with E-state index in [1.54, 1.807) is 30.5 Å². The molecule has 7 heteroatoms. The summed E-state index contributed by atoms with van der Waals surface area (Å²) in [4.78, 5) is 35.9. The topological polar surface area (TPSA) is 93.7 Å². The summed E-state index contributed by atoms with van der Waals surface area (Å²) in [5.74, 6) is -0.639. The molecular formula is C23H26N2O5. The number of methoxy groups -OCH3 is 1. The van der Waals surface area contributed by atoms with E-state index in [2.05, 4.69) is 10.6 Å². The Kier molecular flexibility index (Phi) is 9.65. The highest BCUT2D eigenvalue weighted by Gasteiger charge is 2.21. The number of rotatable bonds is 11. The summed E-state index contributed by atoms with van der Waals surface area (Å²) in [5.41, 5.74) is 1.46. The second-order valence-electron chi connectivity index (χ2n) is 6.44. The van der Waals surface area contributed by atoms with E-state index in [4.69, 9.17) is 9.47 Å². The van der Waals surface area contributed by atoms with E-state index < -0.39 is 18.1 Å². The minimum atomic E-state index is -0.810. The summed E-state index contributed by atoms with van der Waals surface area (Å²) >= 11 is 0. The van der Waals surface area contributed by atoms with Gasteiger partial charge < -0.3 is 20.1 Å². The van der Waals surface area contributed by atoms with E-state index in [0.29, 0.717) is 24.9 Å². The Hall–Kier alpha value is -3.61. The molecular weight excluding hydrogens is 384 g/mol. The zero-order valence-corrected chi connectivity index (χ0v) is 16.9. The lowest BCUT2D eigenvalue weighted by Crippen LogP contribution is -2.42. The van der Waals surface area contributed by atoms with Crippen molar-refractivity contribution in [1.82, 2.24) is 10.6 Å². The molecule has 0 fully saturated rings. The number of ketones is 1. The van der Waals surface area contributed by atoms with Gasteiger partial charge >= 0.3 is 12.1 Å². The van der Waals surface area contributed by atoms with Crippen LogP contribution in [0.25, 0.3) is 0 Å². The zero-order valence-electron chi connectivity index (χ0n) is 16.9. The summed E-state index contributed by atoms with van der Waals surface area (Å²) in [7, 11) is 1.27. The molecule has 0 saturated heterocycles. The fourth-order valence-corrected chi connectivity index (χ4v) is 2.62.